The fourth-order valence-electron chi connectivity index (χ4n) is 2.67. The molecule has 0 saturated heterocycles. The van der Waals surface area contributed by atoms with Crippen molar-refractivity contribution in [2.45, 2.75) is 18.9 Å². The van der Waals surface area contributed by atoms with Gasteiger partial charge >= 0.3 is 5.97 Å². The van der Waals surface area contributed by atoms with Gasteiger partial charge in [-0.2, -0.15) is 0 Å². The minimum absolute atomic E-state index is 0.00515. The summed E-state index contributed by atoms with van der Waals surface area (Å²) < 4.78 is 32.1. The highest BCUT2D eigenvalue weighted by atomic mass is 19.1. The number of hydrogen-bond acceptors (Lipinski definition) is 3. The van der Waals surface area contributed by atoms with E-state index in [1.165, 1.54) is 0 Å². The molecule has 2 aromatic rings. The molecule has 2 atom stereocenters. The Labute approximate surface area is 137 Å². The van der Waals surface area contributed by atoms with Crippen LogP contribution in [-0.4, -0.2) is 11.9 Å². The van der Waals surface area contributed by atoms with Crippen LogP contribution in [0.1, 0.15) is 33.8 Å². The van der Waals surface area contributed by atoms with E-state index in [9.17, 15) is 18.4 Å². The van der Waals surface area contributed by atoms with Gasteiger partial charge < -0.3 is 10.5 Å². The lowest BCUT2D eigenvalue weighted by Crippen LogP contribution is -2.12. The van der Waals surface area contributed by atoms with Gasteiger partial charge in [0.25, 0.3) is 0 Å². The molecule has 1 fully saturated rings. The fraction of sp³-hybridized carbons (Fsp3) is 0.222. The van der Waals surface area contributed by atoms with Crippen molar-refractivity contribution in [2.75, 3.05) is 0 Å². The Morgan fingerprint density at radius 3 is 2.71 bits per heavy atom. The van der Waals surface area contributed by atoms with E-state index in [1.807, 2.05) is 0 Å². The van der Waals surface area contributed by atoms with Gasteiger partial charge in [0.15, 0.2) is 0 Å². The SMILES string of the molecule is NC(=O)c1cccc(COC(=O)[C@@H]2C[C@@H]2c2cc(F)ccc2F)c1. The van der Waals surface area contributed by atoms with Crippen molar-refractivity contribution >= 4 is 11.9 Å². The molecule has 4 nitrogen and oxygen atoms in total. The molecule has 1 amide bonds. The van der Waals surface area contributed by atoms with E-state index in [0.29, 0.717) is 17.5 Å². The zero-order valence-corrected chi connectivity index (χ0v) is 12.7. The smallest absolute Gasteiger partial charge is 0.309 e. The van der Waals surface area contributed by atoms with Crippen LogP contribution >= 0.6 is 0 Å². The van der Waals surface area contributed by atoms with E-state index >= 15 is 0 Å². The van der Waals surface area contributed by atoms with E-state index in [2.05, 4.69) is 0 Å². The average molecular weight is 331 g/mol. The number of hydrogen-bond donors (Lipinski definition) is 1. The number of carbonyl (C=O) groups excluding carboxylic acids is 2. The summed E-state index contributed by atoms with van der Waals surface area (Å²) in [6, 6.07) is 9.68. The monoisotopic (exact) mass is 331 g/mol. The molecular weight excluding hydrogens is 316 g/mol. The summed E-state index contributed by atoms with van der Waals surface area (Å²) in [4.78, 5) is 23.2. The molecule has 0 heterocycles. The maximum atomic E-state index is 13.7. The van der Waals surface area contributed by atoms with Crippen molar-refractivity contribution in [3.63, 3.8) is 0 Å². The second-order valence-corrected chi connectivity index (χ2v) is 5.79. The number of carbonyl (C=O) groups is 2. The predicted octanol–water partition coefficient (Wildman–Crippen LogP) is 2.91. The van der Waals surface area contributed by atoms with Gasteiger partial charge in [-0.1, -0.05) is 12.1 Å². The van der Waals surface area contributed by atoms with Gasteiger partial charge in [-0.3, -0.25) is 9.59 Å². The number of halogens is 2. The van der Waals surface area contributed by atoms with Crippen LogP contribution in [0.15, 0.2) is 42.5 Å². The molecule has 0 aromatic heterocycles. The molecule has 2 aromatic carbocycles. The van der Waals surface area contributed by atoms with Crippen LogP contribution < -0.4 is 5.73 Å². The van der Waals surface area contributed by atoms with Gasteiger partial charge in [0.1, 0.15) is 18.2 Å². The molecular formula is C18H15F2NO3. The van der Waals surface area contributed by atoms with Crippen molar-refractivity contribution in [1.29, 1.82) is 0 Å². The van der Waals surface area contributed by atoms with Crippen molar-refractivity contribution in [2.24, 2.45) is 11.7 Å². The van der Waals surface area contributed by atoms with Crippen LogP contribution in [0.25, 0.3) is 0 Å². The quantitative estimate of drug-likeness (QED) is 0.857. The van der Waals surface area contributed by atoms with Crippen molar-refractivity contribution in [1.82, 2.24) is 0 Å². The molecule has 24 heavy (non-hydrogen) atoms. The molecule has 1 aliphatic rings. The first-order valence-corrected chi connectivity index (χ1v) is 7.46. The maximum Gasteiger partial charge on any atom is 0.309 e. The van der Waals surface area contributed by atoms with E-state index in [1.54, 1.807) is 24.3 Å². The third kappa shape index (κ3) is 3.42. The fourth-order valence-corrected chi connectivity index (χ4v) is 2.67. The molecule has 0 bridgehead atoms. The second kappa shape index (κ2) is 6.39. The molecule has 0 aliphatic heterocycles. The minimum Gasteiger partial charge on any atom is -0.461 e. The number of ether oxygens (including phenoxy) is 1. The zero-order valence-electron chi connectivity index (χ0n) is 12.7. The molecule has 0 radical (unpaired) electrons. The number of esters is 1. The first-order valence-electron chi connectivity index (χ1n) is 7.46. The molecule has 1 aliphatic carbocycles. The minimum atomic E-state index is -0.563. The summed E-state index contributed by atoms with van der Waals surface area (Å²) >= 11 is 0. The molecule has 0 spiro atoms. The van der Waals surface area contributed by atoms with Gasteiger partial charge in [0.05, 0.1) is 5.92 Å². The topological polar surface area (TPSA) is 69.4 Å². The highest BCUT2D eigenvalue weighted by molar-refractivity contribution is 5.92. The Morgan fingerprint density at radius 2 is 1.96 bits per heavy atom. The first-order chi connectivity index (χ1) is 11.5. The van der Waals surface area contributed by atoms with Gasteiger partial charge in [-0.15, -0.1) is 0 Å². The maximum absolute atomic E-state index is 13.7. The van der Waals surface area contributed by atoms with E-state index < -0.39 is 29.4 Å². The van der Waals surface area contributed by atoms with E-state index in [4.69, 9.17) is 10.5 Å². The van der Waals surface area contributed by atoms with Crippen LogP contribution in [0.3, 0.4) is 0 Å². The first kappa shape index (κ1) is 16.1. The van der Waals surface area contributed by atoms with Crippen molar-refractivity contribution in [3.8, 4) is 0 Å². The lowest BCUT2D eigenvalue weighted by atomic mass is 10.1. The number of benzene rings is 2. The Kier molecular flexibility index (Phi) is 4.29. The molecule has 6 heteroatoms. The van der Waals surface area contributed by atoms with Gasteiger partial charge in [0, 0.05) is 11.5 Å². The van der Waals surface area contributed by atoms with Crippen LogP contribution in [0.4, 0.5) is 8.78 Å². The van der Waals surface area contributed by atoms with Crippen LogP contribution in [0, 0.1) is 17.6 Å². The highest BCUT2D eigenvalue weighted by Crippen LogP contribution is 2.49. The molecule has 1 saturated carbocycles. The predicted molar refractivity (Wildman–Crippen MR) is 82.0 cm³/mol. The molecule has 3 rings (SSSR count). The second-order valence-electron chi connectivity index (χ2n) is 5.79. The number of nitrogens with two attached hydrogens (primary N) is 1. The van der Waals surface area contributed by atoms with Gasteiger partial charge in [-0.05, 0) is 47.9 Å². The Balaban J connectivity index is 1.60. The summed E-state index contributed by atoms with van der Waals surface area (Å²) in [5.74, 6) is -2.91. The lowest BCUT2D eigenvalue weighted by Gasteiger charge is -2.06. The summed E-state index contributed by atoms with van der Waals surface area (Å²) in [5.41, 5.74) is 6.36. The van der Waals surface area contributed by atoms with Crippen LogP contribution in [0.2, 0.25) is 0 Å². The van der Waals surface area contributed by atoms with Crippen LogP contribution in [0.5, 0.6) is 0 Å². The number of rotatable bonds is 5. The van der Waals surface area contributed by atoms with Crippen LogP contribution in [-0.2, 0) is 16.1 Å². The summed E-state index contributed by atoms with van der Waals surface area (Å²) in [6.07, 6.45) is 0.431. The molecule has 124 valence electrons. The largest absolute Gasteiger partial charge is 0.461 e. The van der Waals surface area contributed by atoms with Gasteiger partial charge in [0.2, 0.25) is 5.91 Å². The molecule has 2 N–H and O–H groups in total. The average Bonchev–Trinajstić information content (AvgIpc) is 3.35. The molecule has 0 unspecified atom stereocenters. The number of amides is 1. The van der Waals surface area contributed by atoms with E-state index in [-0.39, 0.29) is 18.1 Å². The highest BCUT2D eigenvalue weighted by Gasteiger charge is 2.46. The van der Waals surface area contributed by atoms with Crippen molar-refractivity contribution in [3.05, 3.63) is 70.8 Å². The Hall–Kier alpha value is -2.76. The van der Waals surface area contributed by atoms with Gasteiger partial charge in [-0.25, -0.2) is 8.78 Å². The summed E-state index contributed by atoms with van der Waals surface area (Å²) in [7, 11) is 0. The lowest BCUT2D eigenvalue weighted by molar-refractivity contribution is -0.146. The number of primary amides is 1. The Bertz CT molecular complexity index is 807. The normalized spacial score (nSPS) is 18.9. The Morgan fingerprint density at radius 1 is 1.17 bits per heavy atom. The third-order valence-corrected chi connectivity index (χ3v) is 4.04. The summed E-state index contributed by atoms with van der Waals surface area (Å²) in [6.45, 7) is -0.00515. The zero-order chi connectivity index (χ0) is 17.3. The third-order valence-electron chi connectivity index (χ3n) is 4.04. The summed E-state index contributed by atoms with van der Waals surface area (Å²) in [5, 5.41) is 0. The standard InChI is InChI=1S/C18H15F2NO3/c19-12-4-5-16(20)14(7-12)13-8-15(13)18(23)24-9-10-2-1-3-11(6-10)17(21)22/h1-7,13,15H,8-9H2,(H2,21,22)/t13-,15-/m1/s1. The van der Waals surface area contributed by atoms with Crippen molar-refractivity contribution < 1.29 is 23.1 Å². The van der Waals surface area contributed by atoms with E-state index in [0.717, 1.165) is 18.2 Å².